The Kier molecular flexibility index (Phi) is 6.01. The highest BCUT2D eigenvalue weighted by atomic mass is 16.2. The highest BCUT2D eigenvalue weighted by Gasteiger charge is 2.24. The van der Waals surface area contributed by atoms with Gasteiger partial charge in [0.15, 0.2) is 5.82 Å². The van der Waals surface area contributed by atoms with Crippen molar-refractivity contribution in [3.05, 3.63) is 35.7 Å². The molecule has 0 unspecified atom stereocenters. The molecule has 2 aromatic rings. The molecule has 2 aromatic heterocycles. The van der Waals surface area contributed by atoms with Crippen molar-refractivity contribution in [3.63, 3.8) is 0 Å². The van der Waals surface area contributed by atoms with Crippen molar-refractivity contribution in [2.24, 2.45) is 0 Å². The van der Waals surface area contributed by atoms with Gasteiger partial charge in [0.05, 0.1) is 12.2 Å². The van der Waals surface area contributed by atoms with Gasteiger partial charge in [-0.25, -0.2) is 9.97 Å². The number of fused-ring (bicyclic) bond motifs is 1. The van der Waals surface area contributed by atoms with Crippen LogP contribution in [-0.4, -0.2) is 63.9 Å². The molecule has 7 nitrogen and oxygen atoms in total. The first-order valence-electron chi connectivity index (χ1n) is 9.42. The van der Waals surface area contributed by atoms with Gasteiger partial charge in [-0.2, -0.15) is 0 Å². The average molecular weight is 368 g/mol. The highest BCUT2D eigenvalue weighted by molar-refractivity contribution is 5.74. The first-order chi connectivity index (χ1) is 13.0. The quantitative estimate of drug-likeness (QED) is 0.843. The fourth-order valence-electron chi connectivity index (χ4n) is 3.11. The molecule has 7 heteroatoms. The number of aromatic nitrogens is 3. The number of carbonyl (C=O) groups is 1. The summed E-state index contributed by atoms with van der Waals surface area (Å²) in [4.78, 5) is 29.7. The molecule has 1 aliphatic rings. The lowest BCUT2D eigenvalue weighted by Crippen LogP contribution is -2.35. The highest BCUT2D eigenvalue weighted by Crippen LogP contribution is 2.26. The molecule has 0 saturated heterocycles. The molecule has 1 atom stereocenters. The zero-order valence-electron chi connectivity index (χ0n) is 16.6. The van der Waals surface area contributed by atoms with Crippen LogP contribution in [-0.2, 0) is 17.8 Å². The van der Waals surface area contributed by atoms with Gasteiger partial charge in [0.2, 0.25) is 5.91 Å². The van der Waals surface area contributed by atoms with E-state index in [4.69, 9.17) is 9.97 Å². The largest absolute Gasteiger partial charge is 0.370 e. The number of anilines is 1. The normalized spacial score (nSPS) is 14.8. The Balaban J connectivity index is 1.89. The van der Waals surface area contributed by atoms with Crippen molar-refractivity contribution in [1.29, 1.82) is 0 Å². The molecule has 0 radical (unpaired) electrons. The van der Waals surface area contributed by atoms with Gasteiger partial charge < -0.3 is 15.1 Å². The summed E-state index contributed by atoms with van der Waals surface area (Å²) < 4.78 is 0. The van der Waals surface area contributed by atoms with Gasteiger partial charge >= 0.3 is 0 Å². The average Bonchev–Trinajstić information content (AvgIpc) is 2.67. The van der Waals surface area contributed by atoms with Crippen molar-refractivity contribution in [2.75, 3.05) is 32.5 Å². The summed E-state index contributed by atoms with van der Waals surface area (Å²) in [5.74, 6) is 1.55. The zero-order valence-corrected chi connectivity index (χ0v) is 16.6. The Morgan fingerprint density at radius 2 is 2.15 bits per heavy atom. The number of rotatable bonds is 6. The lowest BCUT2D eigenvalue weighted by atomic mass is 10.0. The molecule has 1 aliphatic heterocycles. The van der Waals surface area contributed by atoms with Gasteiger partial charge in [0.25, 0.3) is 0 Å². The maximum absolute atomic E-state index is 11.8. The van der Waals surface area contributed by atoms with E-state index in [0.29, 0.717) is 25.0 Å². The monoisotopic (exact) mass is 368 g/mol. The first kappa shape index (κ1) is 19.2. The maximum atomic E-state index is 11.8. The number of amides is 1. The summed E-state index contributed by atoms with van der Waals surface area (Å²) in [5.41, 5.74) is 2.77. The number of pyridine rings is 1. The molecular weight excluding hydrogens is 340 g/mol. The molecule has 0 aliphatic carbocycles. The third kappa shape index (κ3) is 4.60. The van der Waals surface area contributed by atoms with Crippen LogP contribution in [0.1, 0.15) is 31.5 Å². The van der Waals surface area contributed by atoms with Crippen LogP contribution < -0.4 is 5.32 Å². The van der Waals surface area contributed by atoms with Crippen LogP contribution in [0.4, 0.5) is 5.82 Å². The second kappa shape index (κ2) is 8.43. The van der Waals surface area contributed by atoms with E-state index in [1.807, 2.05) is 23.1 Å². The Hall–Kier alpha value is -2.54. The number of carbonyl (C=O) groups excluding carboxylic acids is 1. The molecule has 0 spiro atoms. The number of nitrogens with zero attached hydrogens (tertiary/aromatic N) is 5. The van der Waals surface area contributed by atoms with Crippen LogP contribution in [0.15, 0.2) is 24.4 Å². The molecule has 0 aromatic carbocycles. The van der Waals surface area contributed by atoms with Gasteiger partial charge in [-0.05, 0) is 46.0 Å². The summed E-state index contributed by atoms with van der Waals surface area (Å²) in [6.45, 7) is 5.88. The summed E-state index contributed by atoms with van der Waals surface area (Å²) in [6.07, 6.45) is 3.53. The molecule has 3 heterocycles. The van der Waals surface area contributed by atoms with Gasteiger partial charge in [-0.1, -0.05) is 6.07 Å². The van der Waals surface area contributed by atoms with Crippen LogP contribution >= 0.6 is 0 Å². The molecule has 3 rings (SSSR count). The lowest BCUT2D eigenvalue weighted by Gasteiger charge is -2.29. The van der Waals surface area contributed by atoms with Gasteiger partial charge in [-0.3, -0.25) is 9.78 Å². The SMILES string of the molecule is CC(=O)N1CCc2c(nc(-c3ccccn3)nc2NCC[C@H](C)N(C)C)C1. The smallest absolute Gasteiger partial charge is 0.219 e. The molecule has 27 heavy (non-hydrogen) atoms. The van der Waals surface area contributed by atoms with E-state index in [9.17, 15) is 4.79 Å². The summed E-state index contributed by atoms with van der Waals surface area (Å²) in [7, 11) is 4.18. The molecule has 1 amide bonds. The second-order valence-corrected chi connectivity index (χ2v) is 7.25. The first-order valence-corrected chi connectivity index (χ1v) is 9.42. The molecule has 0 saturated carbocycles. The minimum absolute atomic E-state index is 0.0768. The van der Waals surface area contributed by atoms with Crippen molar-refractivity contribution in [1.82, 2.24) is 24.8 Å². The summed E-state index contributed by atoms with van der Waals surface area (Å²) in [6, 6.07) is 6.20. The topological polar surface area (TPSA) is 74.2 Å². The van der Waals surface area contributed by atoms with Crippen LogP contribution in [0.2, 0.25) is 0 Å². The van der Waals surface area contributed by atoms with Crippen LogP contribution in [0.5, 0.6) is 0 Å². The van der Waals surface area contributed by atoms with Gasteiger partial charge in [0.1, 0.15) is 11.5 Å². The second-order valence-electron chi connectivity index (χ2n) is 7.25. The summed E-state index contributed by atoms with van der Waals surface area (Å²) in [5, 5.41) is 3.50. The van der Waals surface area contributed by atoms with E-state index in [1.54, 1.807) is 13.1 Å². The van der Waals surface area contributed by atoms with Gasteiger partial charge in [-0.15, -0.1) is 0 Å². The van der Waals surface area contributed by atoms with Crippen LogP contribution in [0, 0.1) is 0 Å². The molecule has 144 valence electrons. The van der Waals surface area contributed by atoms with E-state index in [-0.39, 0.29) is 5.91 Å². The Morgan fingerprint density at radius 1 is 1.33 bits per heavy atom. The molecule has 0 fully saturated rings. The van der Waals surface area contributed by atoms with Crippen molar-refractivity contribution >= 4 is 11.7 Å². The minimum atomic E-state index is 0.0768. The fourth-order valence-corrected chi connectivity index (χ4v) is 3.11. The zero-order chi connectivity index (χ0) is 19.4. The number of hydrogen-bond acceptors (Lipinski definition) is 6. The third-order valence-corrected chi connectivity index (χ3v) is 5.14. The Labute approximate surface area is 160 Å². The molecule has 0 bridgehead atoms. The fraction of sp³-hybridized carbons (Fsp3) is 0.500. The van der Waals surface area contributed by atoms with E-state index in [1.165, 1.54) is 0 Å². The van der Waals surface area contributed by atoms with E-state index >= 15 is 0 Å². The van der Waals surface area contributed by atoms with Crippen LogP contribution in [0.3, 0.4) is 0 Å². The van der Waals surface area contributed by atoms with E-state index < -0.39 is 0 Å². The van der Waals surface area contributed by atoms with Crippen molar-refractivity contribution in [2.45, 2.75) is 39.3 Å². The van der Waals surface area contributed by atoms with E-state index in [0.717, 1.165) is 42.2 Å². The summed E-state index contributed by atoms with van der Waals surface area (Å²) >= 11 is 0. The van der Waals surface area contributed by atoms with E-state index in [2.05, 4.69) is 36.2 Å². The molecular formula is C20H28N6O. The maximum Gasteiger partial charge on any atom is 0.219 e. The minimum Gasteiger partial charge on any atom is -0.370 e. The Bertz CT molecular complexity index is 793. The van der Waals surface area contributed by atoms with Gasteiger partial charge in [0, 0.05) is 37.8 Å². The van der Waals surface area contributed by atoms with Crippen molar-refractivity contribution in [3.8, 4) is 11.5 Å². The third-order valence-electron chi connectivity index (χ3n) is 5.14. The predicted molar refractivity (Wildman–Crippen MR) is 106 cm³/mol. The predicted octanol–water partition coefficient (Wildman–Crippen LogP) is 2.20. The van der Waals surface area contributed by atoms with Crippen molar-refractivity contribution < 1.29 is 4.79 Å². The molecule has 1 N–H and O–H groups in total. The Morgan fingerprint density at radius 3 is 2.81 bits per heavy atom. The number of hydrogen-bond donors (Lipinski definition) is 1. The van der Waals surface area contributed by atoms with Crippen LogP contribution in [0.25, 0.3) is 11.5 Å². The standard InChI is InChI=1S/C20H28N6O/c1-14(25(3)4)8-11-22-19-16-9-12-26(15(2)27)13-18(16)23-20(24-19)17-7-5-6-10-21-17/h5-7,10,14H,8-9,11-13H2,1-4H3,(H,22,23,24)/t14-/m0/s1. The lowest BCUT2D eigenvalue weighted by molar-refractivity contribution is -0.129. The number of nitrogens with one attached hydrogen (secondary N) is 1.